The highest BCUT2D eigenvalue weighted by molar-refractivity contribution is 7.12. The molecular weight excluding hydrogens is 200 g/mol. The molecule has 4 heteroatoms. The van der Waals surface area contributed by atoms with Gasteiger partial charge in [0.2, 0.25) is 0 Å². The quantitative estimate of drug-likeness (QED) is 0.833. The van der Waals surface area contributed by atoms with E-state index in [0.717, 1.165) is 5.56 Å². The molecule has 14 heavy (non-hydrogen) atoms. The SMILES string of the molecule is CCC(=O)Cc1c(C)csc1C(=O)O. The Morgan fingerprint density at radius 2 is 2.14 bits per heavy atom. The van der Waals surface area contributed by atoms with Crippen LogP contribution in [-0.4, -0.2) is 16.9 Å². The number of thiophene rings is 1. The van der Waals surface area contributed by atoms with Gasteiger partial charge in [0.15, 0.2) is 0 Å². The number of aromatic carboxylic acids is 1. The standard InChI is InChI=1S/C10H12O3S/c1-3-7(11)4-8-6(2)5-14-9(8)10(12)13/h5H,3-4H2,1-2H3,(H,12,13). The average molecular weight is 212 g/mol. The minimum absolute atomic E-state index is 0.0778. The van der Waals surface area contributed by atoms with Crippen LogP contribution in [0.3, 0.4) is 0 Å². The van der Waals surface area contributed by atoms with Gasteiger partial charge in [-0.05, 0) is 23.4 Å². The number of aryl methyl sites for hydroxylation is 1. The second kappa shape index (κ2) is 4.37. The van der Waals surface area contributed by atoms with Gasteiger partial charge in [-0.25, -0.2) is 4.79 Å². The van der Waals surface area contributed by atoms with Crippen molar-refractivity contribution in [3.05, 3.63) is 21.4 Å². The van der Waals surface area contributed by atoms with E-state index in [-0.39, 0.29) is 12.2 Å². The first-order valence-corrected chi connectivity index (χ1v) is 5.26. The van der Waals surface area contributed by atoms with Crippen LogP contribution in [0, 0.1) is 6.92 Å². The normalized spacial score (nSPS) is 10.1. The fraction of sp³-hybridized carbons (Fsp3) is 0.400. The molecule has 0 saturated heterocycles. The summed E-state index contributed by atoms with van der Waals surface area (Å²) >= 11 is 1.18. The maximum atomic E-state index is 11.2. The molecule has 0 atom stereocenters. The van der Waals surface area contributed by atoms with Gasteiger partial charge in [0.25, 0.3) is 0 Å². The van der Waals surface area contributed by atoms with Crippen molar-refractivity contribution in [2.75, 3.05) is 0 Å². The van der Waals surface area contributed by atoms with Crippen molar-refractivity contribution in [1.29, 1.82) is 0 Å². The van der Waals surface area contributed by atoms with Gasteiger partial charge in [-0.3, -0.25) is 4.79 Å². The van der Waals surface area contributed by atoms with E-state index in [2.05, 4.69) is 0 Å². The Kier molecular flexibility index (Phi) is 3.41. The molecule has 0 aliphatic rings. The number of carboxylic acids is 1. The summed E-state index contributed by atoms with van der Waals surface area (Å²) < 4.78 is 0. The van der Waals surface area contributed by atoms with Gasteiger partial charge >= 0.3 is 5.97 Å². The van der Waals surface area contributed by atoms with Crippen LogP contribution in [0.2, 0.25) is 0 Å². The summed E-state index contributed by atoms with van der Waals surface area (Å²) in [7, 11) is 0. The van der Waals surface area contributed by atoms with Gasteiger partial charge < -0.3 is 5.11 Å². The molecule has 76 valence electrons. The Balaban J connectivity index is 2.99. The van der Waals surface area contributed by atoms with Gasteiger partial charge in [-0.2, -0.15) is 0 Å². The summed E-state index contributed by atoms with van der Waals surface area (Å²) in [5, 5.41) is 10.6. The third kappa shape index (κ3) is 2.20. The van der Waals surface area contributed by atoms with Crippen LogP contribution in [0.4, 0.5) is 0 Å². The second-order valence-electron chi connectivity index (χ2n) is 3.10. The fourth-order valence-electron chi connectivity index (χ4n) is 1.19. The Bertz CT molecular complexity index is 365. The minimum Gasteiger partial charge on any atom is -0.477 e. The molecule has 0 aliphatic heterocycles. The van der Waals surface area contributed by atoms with E-state index >= 15 is 0 Å². The maximum absolute atomic E-state index is 11.2. The predicted octanol–water partition coefficient (Wildman–Crippen LogP) is 2.28. The zero-order valence-corrected chi connectivity index (χ0v) is 8.98. The second-order valence-corrected chi connectivity index (χ2v) is 3.98. The highest BCUT2D eigenvalue weighted by atomic mass is 32.1. The third-order valence-electron chi connectivity index (χ3n) is 2.07. The van der Waals surface area contributed by atoms with E-state index in [9.17, 15) is 9.59 Å². The smallest absolute Gasteiger partial charge is 0.346 e. The highest BCUT2D eigenvalue weighted by Crippen LogP contribution is 2.23. The fourth-order valence-corrected chi connectivity index (χ4v) is 2.10. The molecule has 0 amide bonds. The highest BCUT2D eigenvalue weighted by Gasteiger charge is 2.16. The summed E-state index contributed by atoms with van der Waals surface area (Å²) in [6.07, 6.45) is 0.696. The molecule has 1 N–H and O–H groups in total. The first kappa shape index (κ1) is 10.9. The summed E-state index contributed by atoms with van der Waals surface area (Å²) in [5.74, 6) is -0.865. The van der Waals surface area contributed by atoms with Crippen LogP contribution in [0.15, 0.2) is 5.38 Å². The van der Waals surface area contributed by atoms with Crippen molar-refractivity contribution in [3.63, 3.8) is 0 Å². The maximum Gasteiger partial charge on any atom is 0.346 e. The summed E-state index contributed by atoms with van der Waals surface area (Å²) in [4.78, 5) is 22.3. The third-order valence-corrected chi connectivity index (χ3v) is 3.19. The van der Waals surface area contributed by atoms with Crippen molar-refractivity contribution in [2.45, 2.75) is 26.7 Å². The zero-order chi connectivity index (χ0) is 10.7. The number of ketones is 1. The summed E-state index contributed by atoms with van der Waals surface area (Å²) in [5.41, 5.74) is 1.57. The lowest BCUT2D eigenvalue weighted by molar-refractivity contribution is -0.118. The van der Waals surface area contributed by atoms with Crippen LogP contribution in [0.5, 0.6) is 0 Å². The molecule has 0 aliphatic carbocycles. The largest absolute Gasteiger partial charge is 0.477 e. The van der Waals surface area contributed by atoms with E-state index in [4.69, 9.17) is 5.11 Å². The molecule has 1 rings (SSSR count). The number of hydrogen-bond donors (Lipinski definition) is 1. The van der Waals surface area contributed by atoms with Crippen LogP contribution >= 0.6 is 11.3 Å². The number of carbonyl (C=O) groups excluding carboxylic acids is 1. The molecule has 0 bridgehead atoms. The van der Waals surface area contributed by atoms with Gasteiger partial charge in [0.1, 0.15) is 10.7 Å². The molecule has 0 fully saturated rings. The summed E-state index contributed by atoms with van der Waals surface area (Å²) in [6, 6.07) is 0. The van der Waals surface area contributed by atoms with E-state index < -0.39 is 5.97 Å². The van der Waals surface area contributed by atoms with Gasteiger partial charge in [-0.1, -0.05) is 6.92 Å². The van der Waals surface area contributed by atoms with Crippen molar-refractivity contribution in [1.82, 2.24) is 0 Å². The van der Waals surface area contributed by atoms with E-state index in [1.165, 1.54) is 11.3 Å². The van der Waals surface area contributed by atoms with Crippen LogP contribution in [-0.2, 0) is 11.2 Å². The Morgan fingerprint density at radius 1 is 1.50 bits per heavy atom. The molecule has 0 unspecified atom stereocenters. The zero-order valence-electron chi connectivity index (χ0n) is 8.16. The molecule has 1 aromatic rings. The molecule has 1 aromatic heterocycles. The minimum atomic E-state index is -0.943. The number of carboxylic acid groups (broad SMARTS) is 1. The molecular formula is C10H12O3S. The van der Waals surface area contributed by atoms with E-state index in [1.54, 1.807) is 12.3 Å². The van der Waals surface area contributed by atoms with Crippen molar-refractivity contribution in [2.24, 2.45) is 0 Å². The van der Waals surface area contributed by atoms with E-state index in [0.29, 0.717) is 16.9 Å². The molecule has 0 spiro atoms. The average Bonchev–Trinajstić information content (AvgIpc) is 2.48. The topological polar surface area (TPSA) is 54.4 Å². The number of carbonyl (C=O) groups is 2. The number of Topliss-reactive ketones (excluding diaryl/α,β-unsaturated/α-hetero) is 1. The predicted molar refractivity (Wildman–Crippen MR) is 55.0 cm³/mol. The monoisotopic (exact) mass is 212 g/mol. The Morgan fingerprint density at radius 3 is 2.64 bits per heavy atom. The van der Waals surface area contributed by atoms with Gasteiger partial charge in [0, 0.05) is 12.8 Å². The van der Waals surface area contributed by atoms with Crippen LogP contribution in [0.1, 0.15) is 34.1 Å². The van der Waals surface area contributed by atoms with Gasteiger partial charge in [-0.15, -0.1) is 11.3 Å². The van der Waals surface area contributed by atoms with Crippen molar-refractivity contribution in [3.8, 4) is 0 Å². The molecule has 1 heterocycles. The Labute approximate surface area is 86.4 Å². The number of rotatable bonds is 4. The molecule has 3 nitrogen and oxygen atoms in total. The lowest BCUT2D eigenvalue weighted by Gasteiger charge is -2.00. The van der Waals surface area contributed by atoms with Crippen molar-refractivity contribution >= 4 is 23.1 Å². The number of hydrogen-bond acceptors (Lipinski definition) is 3. The van der Waals surface area contributed by atoms with Crippen LogP contribution in [0.25, 0.3) is 0 Å². The Hall–Kier alpha value is -1.16. The lowest BCUT2D eigenvalue weighted by Crippen LogP contribution is -2.05. The van der Waals surface area contributed by atoms with Crippen molar-refractivity contribution < 1.29 is 14.7 Å². The van der Waals surface area contributed by atoms with Crippen LogP contribution < -0.4 is 0 Å². The first-order valence-electron chi connectivity index (χ1n) is 4.38. The van der Waals surface area contributed by atoms with E-state index in [1.807, 2.05) is 6.92 Å². The first-order chi connectivity index (χ1) is 6.56. The molecule has 0 aromatic carbocycles. The molecule has 0 saturated carbocycles. The lowest BCUT2D eigenvalue weighted by atomic mass is 10.0. The molecule has 0 radical (unpaired) electrons. The summed E-state index contributed by atoms with van der Waals surface area (Å²) in [6.45, 7) is 3.62. The van der Waals surface area contributed by atoms with Gasteiger partial charge in [0.05, 0.1) is 0 Å².